The molecule has 0 saturated heterocycles. The van der Waals surface area contributed by atoms with E-state index in [1.807, 2.05) is 66.9 Å². The highest BCUT2D eigenvalue weighted by Gasteiger charge is 2.16. The number of fused-ring (bicyclic) bond motifs is 1. The largest absolute Gasteiger partial charge is 0.504 e. The van der Waals surface area contributed by atoms with Crippen molar-refractivity contribution in [1.29, 1.82) is 0 Å². The first kappa shape index (κ1) is 18.7. The smallest absolute Gasteiger partial charge is 0.161 e. The Morgan fingerprint density at radius 2 is 1.86 bits per heavy atom. The van der Waals surface area contributed by atoms with E-state index in [4.69, 9.17) is 14.5 Å². The maximum atomic E-state index is 9.95. The van der Waals surface area contributed by atoms with Crippen molar-refractivity contribution >= 4 is 17.2 Å². The first-order valence-electron chi connectivity index (χ1n) is 9.45. The minimum Gasteiger partial charge on any atom is -0.504 e. The van der Waals surface area contributed by atoms with Crippen molar-refractivity contribution in [3.05, 3.63) is 66.4 Å². The van der Waals surface area contributed by atoms with Crippen LogP contribution in [0.1, 0.15) is 12.5 Å². The van der Waals surface area contributed by atoms with Crippen molar-refractivity contribution in [3.63, 3.8) is 0 Å². The number of aromatic nitrogens is 2. The number of aryl methyl sites for hydroxylation is 1. The molecule has 0 aliphatic heterocycles. The summed E-state index contributed by atoms with van der Waals surface area (Å²) in [6, 6.07) is 17.1. The Kier molecular flexibility index (Phi) is 4.99. The summed E-state index contributed by atoms with van der Waals surface area (Å²) in [6.45, 7) is 4.63. The molecule has 148 valence electrons. The van der Waals surface area contributed by atoms with E-state index in [1.54, 1.807) is 12.1 Å². The summed E-state index contributed by atoms with van der Waals surface area (Å²) in [4.78, 5) is 4.83. The highest BCUT2D eigenvalue weighted by molar-refractivity contribution is 5.81. The number of benzene rings is 2. The van der Waals surface area contributed by atoms with Gasteiger partial charge in [-0.15, -0.1) is 0 Å². The molecular formula is C23H23N3O3. The fourth-order valence-electron chi connectivity index (χ4n) is 3.23. The lowest BCUT2D eigenvalue weighted by atomic mass is 10.1. The average Bonchev–Trinajstić information content (AvgIpc) is 3.07. The van der Waals surface area contributed by atoms with Crippen LogP contribution in [-0.2, 0) is 0 Å². The van der Waals surface area contributed by atoms with Crippen LogP contribution in [0, 0.1) is 6.92 Å². The van der Waals surface area contributed by atoms with Crippen LogP contribution in [0.25, 0.3) is 16.9 Å². The zero-order valence-electron chi connectivity index (χ0n) is 16.6. The van der Waals surface area contributed by atoms with Gasteiger partial charge < -0.3 is 19.9 Å². The summed E-state index contributed by atoms with van der Waals surface area (Å²) >= 11 is 0. The molecule has 0 radical (unpaired) electrons. The number of methoxy groups -OCH3 is 1. The van der Waals surface area contributed by atoms with Crippen LogP contribution in [0.3, 0.4) is 0 Å². The van der Waals surface area contributed by atoms with E-state index in [2.05, 4.69) is 5.32 Å². The zero-order chi connectivity index (χ0) is 20.4. The van der Waals surface area contributed by atoms with Crippen molar-refractivity contribution < 1.29 is 14.6 Å². The lowest BCUT2D eigenvalue weighted by molar-refractivity contribution is 0.340. The predicted molar refractivity (Wildman–Crippen MR) is 114 cm³/mol. The number of phenolic OH excluding ortho intramolecular Hbond substituents is 1. The molecule has 6 heteroatoms. The van der Waals surface area contributed by atoms with E-state index in [-0.39, 0.29) is 5.75 Å². The van der Waals surface area contributed by atoms with Crippen LogP contribution < -0.4 is 14.8 Å². The Morgan fingerprint density at radius 3 is 2.59 bits per heavy atom. The van der Waals surface area contributed by atoms with Gasteiger partial charge in [0.1, 0.15) is 22.9 Å². The van der Waals surface area contributed by atoms with E-state index in [9.17, 15) is 5.11 Å². The van der Waals surface area contributed by atoms with Crippen molar-refractivity contribution in [3.8, 4) is 28.5 Å². The number of rotatable bonds is 6. The van der Waals surface area contributed by atoms with Crippen LogP contribution in [-0.4, -0.2) is 28.2 Å². The first-order valence-corrected chi connectivity index (χ1v) is 9.45. The molecule has 2 N–H and O–H groups in total. The maximum absolute atomic E-state index is 9.95. The molecule has 0 aliphatic carbocycles. The van der Waals surface area contributed by atoms with Gasteiger partial charge in [0.05, 0.1) is 13.7 Å². The van der Waals surface area contributed by atoms with Crippen LogP contribution in [0.15, 0.2) is 60.8 Å². The number of nitrogens with zero attached hydrogens (tertiary/aromatic N) is 2. The molecule has 0 spiro atoms. The second kappa shape index (κ2) is 7.75. The highest BCUT2D eigenvalue weighted by atomic mass is 16.5. The molecule has 0 aliphatic rings. The van der Waals surface area contributed by atoms with Gasteiger partial charge in [0.15, 0.2) is 11.5 Å². The summed E-state index contributed by atoms with van der Waals surface area (Å²) in [5.74, 6) is 2.16. The minimum absolute atomic E-state index is 0.0943. The normalized spacial score (nSPS) is 10.9. The van der Waals surface area contributed by atoms with Crippen LogP contribution in [0.5, 0.6) is 17.2 Å². The second-order valence-electron chi connectivity index (χ2n) is 6.71. The Morgan fingerprint density at radius 1 is 1.07 bits per heavy atom. The summed E-state index contributed by atoms with van der Waals surface area (Å²) in [5.41, 5.74) is 4.49. The van der Waals surface area contributed by atoms with Gasteiger partial charge in [-0.25, -0.2) is 4.98 Å². The number of nitrogens with one attached hydrogen (secondary N) is 1. The number of ether oxygens (including phenoxy) is 2. The zero-order valence-corrected chi connectivity index (χ0v) is 16.6. The number of phenols is 1. The summed E-state index contributed by atoms with van der Waals surface area (Å²) < 4.78 is 12.8. The molecule has 4 rings (SSSR count). The van der Waals surface area contributed by atoms with Gasteiger partial charge in [-0.3, -0.25) is 4.40 Å². The number of hydrogen-bond donors (Lipinski definition) is 2. The van der Waals surface area contributed by atoms with E-state index < -0.39 is 0 Å². The number of hydrogen-bond acceptors (Lipinski definition) is 5. The van der Waals surface area contributed by atoms with Gasteiger partial charge in [-0.1, -0.05) is 0 Å². The minimum atomic E-state index is 0.0943. The molecular weight excluding hydrogens is 366 g/mol. The third-order valence-corrected chi connectivity index (χ3v) is 4.66. The van der Waals surface area contributed by atoms with Crippen molar-refractivity contribution in [2.75, 3.05) is 19.0 Å². The van der Waals surface area contributed by atoms with Crippen LogP contribution >= 0.6 is 0 Å². The van der Waals surface area contributed by atoms with Crippen LogP contribution in [0.2, 0.25) is 0 Å². The SMILES string of the molecule is CCOc1ccc(Nc2c(-c3ccc(O)c(OC)c3)nc3cc(C)ccn23)cc1. The summed E-state index contributed by atoms with van der Waals surface area (Å²) in [7, 11) is 1.53. The highest BCUT2D eigenvalue weighted by Crippen LogP contribution is 2.36. The number of imidazole rings is 1. The molecule has 2 heterocycles. The van der Waals surface area contributed by atoms with E-state index in [0.29, 0.717) is 12.4 Å². The van der Waals surface area contributed by atoms with E-state index >= 15 is 0 Å². The Labute approximate surface area is 169 Å². The monoisotopic (exact) mass is 389 g/mol. The quantitative estimate of drug-likeness (QED) is 0.476. The summed E-state index contributed by atoms with van der Waals surface area (Å²) in [5, 5.41) is 13.4. The van der Waals surface area contributed by atoms with Gasteiger partial charge in [-0.05, 0) is 74.0 Å². The van der Waals surface area contributed by atoms with E-state index in [1.165, 1.54) is 7.11 Å². The Hall–Kier alpha value is -3.67. The molecule has 0 unspecified atom stereocenters. The number of anilines is 2. The maximum Gasteiger partial charge on any atom is 0.161 e. The standard InChI is InChI=1S/C23H23N3O3/c1-4-29-18-8-6-17(7-9-18)24-23-22(16-5-10-19(27)20(14-16)28-3)25-21-13-15(2)11-12-26(21)23/h5-14,24,27H,4H2,1-3H3. The molecule has 0 saturated carbocycles. The second-order valence-corrected chi connectivity index (χ2v) is 6.71. The Bertz CT molecular complexity index is 1150. The van der Waals surface area contributed by atoms with Crippen molar-refractivity contribution in [1.82, 2.24) is 9.38 Å². The molecule has 0 fully saturated rings. The Balaban J connectivity index is 1.82. The first-order chi connectivity index (χ1) is 14.1. The number of aromatic hydroxyl groups is 1. The molecule has 4 aromatic rings. The molecule has 29 heavy (non-hydrogen) atoms. The molecule has 2 aromatic heterocycles. The molecule has 2 aromatic carbocycles. The lowest BCUT2D eigenvalue weighted by Crippen LogP contribution is -1.98. The fourth-order valence-corrected chi connectivity index (χ4v) is 3.23. The average molecular weight is 389 g/mol. The van der Waals surface area contributed by atoms with Crippen LogP contribution in [0.4, 0.5) is 11.5 Å². The third-order valence-electron chi connectivity index (χ3n) is 4.66. The fraction of sp³-hybridized carbons (Fsp3) is 0.174. The van der Waals surface area contributed by atoms with Gasteiger partial charge >= 0.3 is 0 Å². The van der Waals surface area contributed by atoms with E-state index in [0.717, 1.165) is 39.7 Å². The third kappa shape index (κ3) is 3.69. The molecule has 0 atom stereocenters. The van der Waals surface area contributed by atoms with Gasteiger partial charge in [0.25, 0.3) is 0 Å². The molecule has 0 amide bonds. The van der Waals surface area contributed by atoms with Gasteiger partial charge in [0.2, 0.25) is 0 Å². The lowest BCUT2D eigenvalue weighted by Gasteiger charge is -2.11. The number of pyridine rings is 1. The predicted octanol–water partition coefficient (Wildman–Crippen LogP) is 5.17. The summed E-state index contributed by atoms with van der Waals surface area (Å²) in [6.07, 6.45) is 2.00. The molecule has 6 nitrogen and oxygen atoms in total. The van der Waals surface area contributed by atoms with Gasteiger partial charge in [0, 0.05) is 17.4 Å². The van der Waals surface area contributed by atoms with Gasteiger partial charge in [-0.2, -0.15) is 0 Å². The molecule has 0 bridgehead atoms. The topological polar surface area (TPSA) is 68.0 Å². The van der Waals surface area contributed by atoms with Crippen molar-refractivity contribution in [2.24, 2.45) is 0 Å². The van der Waals surface area contributed by atoms with Crippen molar-refractivity contribution in [2.45, 2.75) is 13.8 Å².